The maximum absolute atomic E-state index is 12.4. The van der Waals surface area contributed by atoms with Gasteiger partial charge in [-0.15, -0.1) is 11.3 Å². The Bertz CT molecular complexity index is 1140. The topological polar surface area (TPSA) is 76.1 Å². The van der Waals surface area contributed by atoms with Gasteiger partial charge in [-0.3, -0.25) is 10.1 Å². The molecule has 0 saturated carbocycles. The highest BCUT2D eigenvalue weighted by Crippen LogP contribution is 2.27. The first-order valence-electron chi connectivity index (χ1n) is 8.71. The van der Waals surface area contributed by atoms with E-state index in [9.17, 15) is 13.2 Å². The fourth-order valence-electron chi connectivity index (χ4n) is 2.55. The second-order valence-electron chi connectivity index (χ2n) is 6.62. The van der Waals surface area contributed by atoms with E-state index in [-0.39, 0.29) is 10.8 Å². The largest absolute Gasteiger partial charge is 0.298 e. The summed E-state index contributed by atoms with van der Waals surface area (Å²) in [7, 11) is -3.37. The lowest BCUT2D eigenvalue weighted by atomic mass is 10.1. The van der Waals surface area contributed by atoms with Crippen molar-refractivity contribution in [1.82, 2.24) is 4.98 Å². The minimum Gasteiger partial charge on any atom is -0.298 e. The van der Waals surface area contributed by atoms with E-state index in [1.165, 1.54) is 35.6 Å². The molecule has 3 rings (SSSR count). The number of sulfone groups is 1. The fourth-order valence-corrected chi connectivity index (χ4v) is 4.82. The Morgan fingerprint density at radius 2 is 1.83 bits per heavy atom. The molecule has 2 aromatic carbocycles. The van der Waals surface area contributed by atoms with E-state index in [4.69, 9.17) is 23.2 Å². The molecule has 1 heterocycles. The van der Waals surface area contributed by atoms with Crippen LogP contribution in [0.1, 0.15) is 34.6 Å². The third kappa shape index (κ3) is 5.17. The van der Waals surface area contributed by atoms with E-state index in [2.05, 4.69) is 10.3 Å². The standard InChI is InChI=1S/C20H18Cl2N2O3S2/c1-12(2)29(26,27)17-6-3-13(4-7-17)19(25)24-20-23-11-16(28-20)10-14-9-15(21)5-8-18(14)22/h3-9,11-12H,10H2,1-2H3,(H,23,24,25). The lowest BCUT2D eigenvalue weighted by Crippen LogP contribution is -2.15. The molecule has 0 bridgehead atoms. The SMILES string of the molecule is CC(C)S(=O)(=O)c1ccc(C(=O)Nc2ncc(Cc3cc(Cl)ccc3Cl)s2)cc1. The number of hydrogen-bond acceptors (Lipinski definition) is 5. The molecule has 0 atom stereocenters. The monoisotopic (exact) mass is 468 g/mol. The van der Waals surface area contributed by atoms with Crippen LogP contribution in [0.5, 0.6) is 0 Å². The number of amides is 1. The lowest BCUT2D eigenvalue weighted by Gasteiger charge is -2.08. The molecular formula is C20H18Cl2N2O3S2. The molecule has 0 aliphatic carbocycles. The Kier molecular flexibility index (Phi) is 6.63. The van der Waals surface area contributed by atoms with Gasteiger partial charge in [-0.1, -0.05) is 23.2 Å². The number of nitrogens with zero attached hydrogens (tertiary/aromatic N) is 1. The number of halogens is 2. The van der Waals surface area contributed by atoms with Crippen molar-refractivity contribution in [1.29, 1.82) is 0 Å². The van der Waals surface area contributed by atoms with Gasteiger partial charge in [0.15, 0.2) is 15.0 Å². The van der Waals surface area contributed by atoms with Gasteiger partial charge in [0.2, 0.25) is 0 Å². The molecule has 29 heavy (non-hydrogen) atoms. The second kappa shape index (κ2) is 8.83. The molecule has 1 aromatic heterocycles. The first-order valence-corrected chi connectivity index (χ1v) is 11.8. The first-order chi connectivity index (χ1) is 13.7. The van der Waals surface area contributed by atoms with Crippen LogP contribution in [0.3, 0.4) is 0 Å². The molecule has 5 nitrogen and oxygen atoms in total. The van der Waals surface area contributed by atoms with Gasteiger partial charge in [0.1, 0.15) is 0 Å². The Hall–Kier alpha value is -1.93. The number of benzene rings is 2. The Morgan fingerprint density at radius 3 is 2.48 bits per heavy atom. The number of carbonyl (C=O) groups excluding carboxylic acids is 1. The maximum atomic E-state index is 12.4. The normalized spacial score (nSPS) is 11.6. The average molecular weight is 469 g/mol. The summed E-state index contributed by atoms with van der Waals surface area (Å²) >= 11 is 13.5. The van der Waals surface area contributed by atoms with Crippen molar-refractivity contribution in [3.8, 4) is 0 Å². The molecule has 0 saturated heterocycles. The van der Waals surface area contributed by atoms with Gasteiger partial charge >= 0.3 is 0 Å². The summed E-state index contributed by atoms with van der Waals surface area (Å²) < 4.78 is 24.4. The van der Waals surface area contributed by atoms with Gasteiger partial charge in [0.05, 0.1) is 10.1 Å². The van der Waals surface area contributed by atoms with Crippen molar-refractivity contribution in [2.75, 3.05) is 5.32 Å². The summed E-state index contributed by atoms with van der Waals surface area (Å²) in [5.41, 5.74) is 1.23. The van der Waals surface area contributed by atoms with Crippen molar-refractivity contribution in [3.05, 3.63) is 74.7 Å². The van der Waals surface area contributed by atoms with Crippen molar-refractivity contribution < 1.29 is 13.2 Å². The predicted octanol–water partition coefficient (Wildman–Crippen LogP) is 5.48. The molecule has 9 heteroatoms. The summed E-state index contributed by atoms with van der Waals surface area (Å²) in [6.45, 7) is 3.24. The highest BCUT2D eigenvalue weighted by molar-refractivity contribution is 7.92. The van der Waals surface area contributed by atoms with Crippen LogP contribution in [0.15, 0.2) is 53.6 Å². The molecule has 152 valence electrons. The van der Waals surface area contributed by atoms with E-state index in [0.29, 0.717) is 27.2 Å². The molecule has 0 unspecified atom stereocenters. The van der Waals surface area contributed by atoms with E-state index in [1.54, 1.807) is 38.2 Å². The highest BCUT2D eigenvalue weighted by atomic mass is 35.5. The third-order valence-corrected chi connectivity index (χ3v) is 7.90. The molecule has 0 aliphatic rings. The van der Waals surface area contributed by atoms with Gasteiger partial charge in [-0.25, -0.2) is 13.4 Å². The van der Waals surface area contributed by atoms with Crippen LogP contribution in [0.4, 0.5) is 5.13 Å². The van der Waals surface area contributed by atoms with Crippen molar-refractivity contribution in [2.24, 2.45) is 0 Å². The summed E-state index contributed by atoms with van der Waals surface area (Å²) in [5, 5.41) is 3.87. The summed E-state index contributed by atoms with van der Waals surface area (Å²) in [4.78, 5) is 17.8. The molecular weight excluding hydrogens is 451 g/mol. The summed E-state index contributed by atoms with van der Waals surface area (Å²) in [5.74, 6) is -0.361. The molecule has 0 aliphatic heterocycles. The van der Waals surface area contributed by atoms with Gasteiger partial charge in [0.25, 0.3) is 5.91 Å². The minimum atomic E-state index is -3.37. The number of rotatable bonds is 6. The Morgan fingerprint density at radius 1 is 1.14 bits per heavy atom. The molecule has 1 N–H and O–H groups in total. The number of aromatic nitrogens is 1. The quantitative estimate of drug-likeness (QED) is 0.519. The van der Waals surface area contributed by atoms with Crippen molar-refractivity contribution in [2.45, 2.75) is 30.4 Å². The van der Waals surface area contributed by atoms with E-state index >= 15 is 0 Å². The van der Waals surface area contributed by atoms with Gasteiger partial charge in [-0.2, -0.15) is 0 Å². The number of nitrogens with one attached hydrogen (secondary N) is 1. The molecule has 0 fully saturated rings. The second-order valence-corrected chi connectivity index (χ2v) is 11.1. The zero-order valence-corrected chi connectivity index (χ0v) is 18.8. The van der Waals surface area contributed by atoms with Crippen LogP contribution in [0, 0.1) is 0 Å². The van der Waals surface area contributed by atoms with Crippen molar-refractivity contribution in [3.63, 3.8) is 0 Å². The average Bonchev–Trinajstić information content (AvgIpc) is 3.11. The summed E-state index contributed by atoms with van der Waals surface area (Å²) in [6.07, 6.45) is 2.23. The van der Waals surface area contributed by atoms with Gasteiger partial charge in [-0.05, 0) is 61.9 Å². The first kappa shape index (κ1) is 21.8. The Balaban J connectivity index is 1.69. The number of carbonyl (C=O) groups is 1. The van der Waals surface area contributed by atoms with Crippen LogP contribution in [-0.2, 0) is 16.3 Å². The predicted molar refractivity (Wildman–Crippen MR) is 118 cm³/mol. The third-order valence-electron chi connectivity index (χ3n) is 4.21. The summed E-state index contributed by atoms with van der Waals surface area (Å²) in [6, 6.07) is 11.1. The molecule has 3 aromatic rings. The highest BCUT2D eigenvalue weighted by Gasteiger charge is 2.19. The van der Waals surface area contributed by atoms with Gasteiger partial charge < -0.3 is 0 Å². The zero-order chi connectivity index (χ0) is 21.2. The number of anilines is 1. The van der Waals surface area contributed by atoms with Crippen LogP contribution >= 0.6 is 34.5 Å². The number of hydrogen-bond donors (Lipinski definition) is 1. The lowest BCUT2D eigenvalue weighted by molar-refractivity contribution is 0.102. The smallest absolute Gasteiger partial charge is 0.257 e. The van der Waals surface area contributed by atoms with E-state index < -0.39 is 15.1 Å². The molecule has 0 radical (unpaired) electrons. The molecule has 1 amide bonds. The fraction of sp³-hybridized carbons (Fsp3) is 0.200. The van der Waals surface area contributed by atoms with Gasteiger partial charge in [0, 0.05) is 33.1 Å². The van der Waals surface area contributed by atoms with Crippen LogP contribution in [-0.4, -0.2) is 24.6 Å². The van der Waals surface area contributed by atoms with Crippen LogP contribution < -0.4 is 5.32 Å². The Labute approximate surface area is 183 Å². The molecule has 0 spiro atoms. The zero-order valence-electron chi connectivity index (χ0n) is 15.6. The van der Waals surface area contributed by atoms with E-state index in [0.717, 1.165) is 10.4 Å². The van der Waals surface area contributed by atoms with Crippen LogP contribution in [0.25, 0.3) is 0 Å². The van der Waals surface area contributed by atoms with Crippen LogP contribution in [0.2, 0.25) is 10.0 Å². The minimum absolute atomic E-state index is 0.194. The maximum Gasteiger partial charge on any atom is 0.257 e. The van der Waals surface area contributed by atoms with E-state index in [1.807, 2.05) is 0 Å². The number of thiazole rings is 1. The van der Waals surface area contributed by atoms with Crippen molar-refractivity contribution >= 4 is 55.4 Å².